The van der Waals surface area contributed by atoms with Crippen LogP contribution in [0.5, 0.6) is 0 Å². The Morgan fingerprint density at radius 2 is 2.17 bits per heavy atom. The summed E-state index contributed by atoms with van der Waals surface area (Å²) in [6.07, 6.45) is 0.313. The van der Waals surface area contributed by atoms with E-state index < -0.39 is 0 Å². The van der Waals surface area contributed by atoms with Gasteiger partial charge in [0.2, 0.25) is 5.91 Å². The van der Waals surface area contributed by atoms with Crippen molar-refractivity contribution >= 4 is 11.9 Å². The molecule has 0 saturated carbocycles. The molecule has 0 aromatic carbocycles. The minimum Gasteiger partial charge on any atom is -0.469 e. The molecule has 18 heavy (non-hydrogen) atoms. The summed E-state index contributed by atoms with van der Waals surface area (Å²) in [4.78, 5) is 27.1. The van der Waals surface area contributed by atoms with E-state index in [1.165, 1.54) is 7.11 Å². The van der Waals surface area contributed by atoms with Gasteiger partial charge in [-0.3, -0.25) is 14.5 Å². The Labute approximate surface area is 108 Å². The number of rotatable bonds is 4. The van der Waals surface area contributed by atoms with E-state index in [-0.39, 0.29) is 24.0 Å². The summed E-state index contributed by atoms with van der Waals surface area (Å²) in [6.45, 7) is 4.19. The highest BCUT2D eigenvalue weighted by atomic mass is 16.5. The van der Waals surface area contributed by atoms with Crippen molar-refractivity contribution in [2.24, 2.45) is 0 Å². The summed E-state index contributed by atoms with van der Waals surface area (Å²) in [7, 11) is 4.88. The molecule has 1 rings (SSSR count). The van der Waals surface area contributed by atoms with E-state index in [9.17, 15) is 9.59 Å². The van der Waals surface area contributed by atoms with E-state index in [0.29, 0.717) is 13.0 Å². The summed E-state index contributed by atoms with van der Waals surface area (Å²) < 4.78 is 4.68. The van der Waals surface area contributed by atoms with Crippen molar-refractivity contribution in [2.45, 2.75) is 25.4 Å². The molecule has 1 saturated heterocycles. The van der Waals surface area contributed by atoms with Crippen molar-refractivity contribution in [1.82, 2.24) is 15.1 Å². The standard InChI is InChI=1S/C12H23N3O3/c1-9(7-11(16)18-4)15-6-5-13-8-10(15)12(17)14(2)3/h9-10,13H,5-8H2,1-4H3. The van der Waals surface area contributed by atoms with E-state index in [1.807, 2.05) is 6.92 Å². The van der Waals surface area contributed by atoms with Gasteiger partial charge in [-0.05, 0) is 6.92 Å². The number of carbonyl (C=O) groups excluding carboxylic acids is 2. The Morgan fingerprint density at radius 1 is 1.50 bits per heavy atom. The second kappa shape index (κ2) is 6.70. The van der Waals surface area contributed by atoms with Gasteiger partial charge in [0.15, 0.2) is 0 Å². The SMILES string of the molecule is COC(=O)CC(C)N1CCNCC1C(=O)N(C)C. The number of esters is 1. The molecule has 0 aromatic heterocycles. The van der Waals surface area contributed by atoms with E-state index in [4.69, 9.17) is 0 Å². The highest BCUT2D eigenvalue weighted by Crippen LogP contribution is 2.13. The molecule has 0 spiro atoms. The summed E-state index contributed by atoms with van der Waals surface area (Å²) in [5.41, 5.74) is 0. The molecule has 1 aliphatic rings. The number of methoxy groups -OCH3 is 1. The Balaban J connectivity index is 2.69. The fourth-order valence-corrected chi connectivity index (χ4v) is 2.22. The molecule has 1 aliphatic heterocycles. The van der Waals surface area contributed by atoms with Crippen molar-refractivity contribution in [1.29, 1.82) is 0 Å². The minimum atomic E-state index is -0.239. The van der Waals surface area contributed by atoms with Crippen LogP contribution in [0.25, 0.3) is 0 Å². The third kappa shape index (κ3) is 3.68. The number of ether oxygens (including phenoxy) is 1. The second-order valence-corrected chi connectivity index (χ2v) is 4.82. The molecule has 1 N–H and O–H groups in total. The normalized spacial score (nSPS) is 22.3. The van der Waals surface area contributed by atoms with Crippen LogP contribution in [0.3, 0.4) is 0 Å². The lowest BCUT2D eigenvalue weighted by molar-refractivity contribution is -0.144. The summed E-state index contributed by atoms with van der Waals surface area (Å²) in [5, 5.41) is 3.22. The summed E-state index contributed by atoms with van der Waals surface area (Å²) >= 11 is 0. The number of nitrogens with zero attached hydrogens (tertiary/aromatic N) is 2. The van der Waals surface area contributed by atoms with Gasteiger partial charge in [-0.2, -0.15) is 0 Å². The van der Waals surface area contributed by atoms with Crippen LogP contribution in [0.2, 0.25) is 0 Å². The number of hydrogen-bond acceptors (Lipinski definition) is 5. The third-order valence-electron chi connectivity index (χ3n) is 3.27. The molecule has 1 fully saturated rings. The molecule has 6 nitrogen and oxygen atoms in total. The lowest BCUT2D eigenvalue weighted by Gasteiger charge is -2.39. The third-order valence-corrected chi connectivity index (χ3v) is 3.27. The number of carbonyl (C=O) groups is 2. The van der Waals surface area contributed by atoms with Crippen LogP contribution in [-0.2, 0) is 14.3 Å². The Kier molecular flexibility index (Phi) is 5.55. The molecule has 104 valence electrons. The Bertz CT molecular complexity index is 307. The number of piperazine rings is 1. The van der Waals surface area contributed by atoms with Gasteiger partial charge in [0.1, 0.15) is 6.04 Å². The number of nitrogens with one attached hydrogen (secondary N) is 1. The van der Waals surface area contributed by atoms with Gasteiger partial charge < -0.3 is 15.0 Å². The van der Waals surface area contributed by atoms with Gasteiger partial charge in [-0.15, -0.1) is 0 Å². The Hall–Kier alpha value is -1.14. The number of amides is 1. The van der Waals surface area contributed by atoms with Crippen LogP contribution in [0, 0.1) is 0 Å². The molecule has 0 aliphatic carbocycles. The molecule has 0 aromatic rings. The quantitative estimate of drug-likeness (QED) is 0.675. The highest BCUT2D eigenvalue weighted by Gasteiger charge is 2.33. The predicted molar refractivity (Wildman–Crippen MR) is 68.2 cm³/mol. The van der Waals surface area contributed by atoms with Crippen LogP contribution in [-0.4, -0.2) is 74.6 Å². The van der Waals surface area contributed by atoms with Crippen molar-refractivity contribution < 1.29 is 14.3 Å². The zero-order chi connectivity index (χ0) is 13.7. The van der Waals surface area contributed by atoms with E-state index >= 15 is 0 Å². The monoisotopic (exact) mass is 257 g/mol. The van der Waals surface area contributed by atoms with Crippen LogP contribution in [0.15, 0.2) is 0 Å². The topological polar surface area (TPSA) is 61.9 Å². The summed E-state index contributed by atoms with van der Waals surface area (Å²) in [5.74, 6) is -0.170. The maximum Gasteiger partial charge on any atom is 0.307 e. The second-order valence-electron chi connectivity index (χ2n) is 4.82. The van der Waals surface area contributed by atoms with Gasteiger partial charge in [-0.25, -0.2) is 0 Å². The molecule has 2 atom stereocenters. The van der Waals surface area contributed by atoms with Crippen LogP contribution in [0.1, 0.15) is 13.3 Å². The van der Waals surface area contributed by atoms with Crippen LogP contribution >= 0.6 is 0 Å². The molecule has 0 bridgehead atoms. The van der Waals surface area contributed by atoms with Gasteiger partial charge in [-0.1, -0.05) is 0 Å². The predicted octanol–water partition coefficient (Wildman–Crippen LogP) is -0.700. The first-order valence-electron chi connectivity index (χ1n) is 6.21. The summed E-state index contributed by atoms with van der Waals surface area (Å²) in [6, 6.07) is -0.193. The van der Waals surface area contributed by atoms with Crippen LogP contribution < -0.4 is 5.32 Å². The van der Waals surface area contributed by atoms with Crippen LogP contribution in [0.4, 0.5) is 0 Å². The number of likely N-dealkylation sites (N-methyl/N-ethyl adjacent to an activating group) is 1. The maximum absolute atomic E-state index is 12.1. The van der Waals surface area contributed by atoms with Gasteiger partial charge in [0, 0.05) is 39.8 Å². The van der Waals surface area contributed by atoms with E-state index in [0.717, 1.165) is 13.1 Å². The molecule has 0 radical (unpaired) electrons. The molecule has 6 heteroatoms. The van der Waals surface area contributed by atoms with Crippen molar-refractivity contribution in [3.63, 3.8) is 0 Å². The lowest BCUT2D eigenvalue weighted by Crippen LogP contribution is -2.60. The van der Waals surface area contributed by atoms with Gasteiger partial charge in [0.05, 0.1) is 13.5 Å². The molecular formula is C12H23N3O3. The molecular weight excluding hydrogens is 234 g/mol. The van der Waals surface area contributed by atoms with Gasteiger partial charge >= 0.3 is 5.97 Å². The first-order valence-corrected chi connectivity index (χ1v) is 6.21. The zero-order valence-electron chi connectivity index (χ0n) is 11.6. The molecule has 1 heterocycles. The largest absolute Gasteiger partial charge is 0.469 e. The smallest absolute Gasteiger partial charge is 0.307 e. The van der Waals surface area contributed by atoms with E-state index in [2.05, 4.69) is 15.0 Å². The average Bonchev–Trinajstić information content (AvgIpc) is 2.37. The molecule has 2 unspecified atom stereocenters. The maximum atomic E-state index is 12.1. The zero-order valence-corrected chi connectivity index (χ0v) is 11.6. The molecule has 1 amide bonds. The minimum absolute atomic E-state index is 0.00782. The Morgan fingerprint density at radius 3 is 2.72 bits per heavy atom. The number of hydrogen-bond donors (Lipinski definition) is 1. The van der Waals surface area contributed by atoms with E-state index in [1.54, 1.807) is 19.0 Å². The highest BCUT2D eigenvalue weighted by molar-refractivity contribution is 5.82. The average molecular weight is 257 g/mol. The van der Waals surface area contributed by atoms with Gasteiger partial charge in [0.25, 0.3) is 0 Å². The fourth-order valence-electron chi connectivity index (χ4n) is 2.22. The first-order chi connectivity index (χ1) is 8.47. The van der Waals surface area contributed by atoms with Crippen molar-refractivity contribution in [3.05, 3.63) is 0 Å². The van der Waals surface area contributed by atoms with Crippen molar-refractivity contribution in [2.75, 3.05) is 40.8 Å². The van der Waals surface area contributed by atoms with Crippen molar-refractivity contribution in [3.8, 4) is 0 Å². The lowest BCUT2D eigenvalue weighted by atomic mass is 10.1. The fraction of sp³-hybridized carbons (Fsp3) is 0.833. The first kappa shape index (κ1) is 14.9.